The highest BCUT2D eigenvalue weighted by Crippen LogP contribution is 2.29. The summed E-state index contributed by atoms with van der Waals surface area (Å²) in [7, 11) is 1.61. The molecule has 0 aliphatic carbocycles. The molecule has 1 aliphatic heterocycles. The second-order valence-electron chi connectivity index (χ2n) is 5.55. The molecule has 1 saturated heterocycles. The second kappa shape index (κ2) is 6.66. The molecule has 0 radical (unpaired) electrons. The van der Waals surface area contributed by atoms with Crippen molar-refractivity contribution in [1.82, 2.24) is 14.9 Å². The smallest absolute Gasteiger partial charge is 0.353 e. The minimum Gasteiger partial charge on any atom is -0.367 e. The van der Waals surface area contributed by atoms with E-state index in [1.807, 2.05) is 0 Å². The van der Waals surface area contributed by atoms with Crippen LogP contribution in [0.4, 0.5) is 17.3 Å². The molecule has 1 aromatic rings. The molecule has 1 aromatic heterocycles. The van der Waals surface area contributed by atoms with E-state index in [1.165, 1.54) is 6.33 Å². The van der Waals surface area contributed by atoms with Gasteiger partial charge in [-0.05, 0) is 32.7 Å². The van der Waals surface area contributed by atoms with Crippen molar-refractivity contribution in [2.45, 2.75) is 26.3 Å². The normalized spacial score (nSPS) is 19.0. The molecule has 0 spiro atoms. The molecule has 21 heavy (non-hydrogen) atoms. The molecule has 1 unspecified atom stereocenters. The third-order valence-electron chi connectivity index (χ3n) is 3.85. The third-order valence-corrected chi connectivity index (χ3v) is 3.85. The van der Waals surface area contributed by atoms with E-state index in [0.29, 0.717) is 18.5 Å². The Labute approximate surface area is 124 Å². The van der Waals surface area contributed by atoms with Gasteiger partial charge in [0.2, 0.25) is 11.6 Å². The molecule has 8 nitrogen and oxygen atoms in total. The number of aromatic nitrogens is 2. The van der Waals surface area contributed by atoms with Crippen molar-refractivity contribution < 1.29 is 4.92 Å². The number of likely N-dealkylation sites (tertiary alicyclic amines) is 1. The molecule has 1 atom stereocenters. The quantitative estimate of drug-likeness (QED) is 0.607. The summed E-state index contributed by atoms with van der Waals surface area (Å²) in [4.78, 5) is 21.0. The van der Waals surface area contributed by atoms with Crippen LogP contribution in [0.1, 0.15) is 20.3 Å². The van der Waals surface area contributed by atoms with Crippen molar-refractivity contribution in [2.24, 2.45) is 5.92 Å². The van der Waals surface area contributed by atoms with E-state index >= 15 is 0 Å². The van der Waals surface area contributed by atoms with Gasteiger partial charge < -0.3 is 15.5 Å². The monoisotopic (exact) mass is 294 g/mol. The fourth-order valence-corrected chi connectivity index (χ4v) is 2.60. The highest BCUT2D eigenvalue weighted by atomic mass is 16.6. The highest BCUT2D eigenvalue weighted by molar-refractivity contribution is 5.68. The lowest BCUT2D eigenvalue weighted by Crippen LogP contribution is -2.29. The molecule has 0 amide bonds. The summed E-state index contributed by atoms with van der Waals surface area (Å²) < 4.78 is 0. The van der Waals surface area contributed by atoms with Gasteiger partial charge in [0.05, 0.1) is 4.92 Å². The Morgan fingerprint density at radius 1 is 1.48 bits per heavy atom. The first-order valence-corrected chi connectivity index (χ1v) is 7.18. The lowest BCUT2D eigenvalue weighted by Gasteiger charge is -2.20. The van der Waals surface area contributed by atoms with Crippen LogP contribution in [0.3, 0.4) is 0 Å². The summed E-state index contributed by atoms with van der Waals surface area (Å²) in [6.45, 7) is 7.15. The number of nitrogens with one attached hydrogen (secondary N) is 2. The zero-order valence-corrected chi connectivity index (χ0v) is 12.7. The van der Waals surface area contributed by atoms with Crippen molar-refractivity contribution in [3.05, 3.63) is 16.4 Å². The Morgan fingerprint density at radius 2 is 2.19 bits per heavy atom. The molecule has 116 valence electrons. The average molecular weight is 294 g/mol. The largest absolute Gasteiger partial charge is 0.367 e. The van der Waals surface area contributed by atoms with Crippen LogP contribution in [-0.2, 0) is 0 Å². The van der Waals surface area contributed by atoms with E-state index in [4.69, 9.17) is 0 Å². The van der Waals surface area contributed by atoms with Crippen LogP contribution in [0.15, 0.2) is 6.33 Å². The summed E-state index contributed by atoms with van der Waals surface area (Å²) in [5, 5.41) is 17.0. The van der Waals surface area contributed by atoms with Crippen molar-refractivity contribution in [2.75, 3.05) is 37.3 Å². The number of nitrogens with zero attached hydrogens (tertiary/aromatic N) is 4. The van der Waals surface area contributed by atoms with Crippen molar-refractivity contribution in [3.8, 4) is 0 Å². The van der Waals surface area contributed by atoms with E-state index in [1.54, 1.807) is 7.05 Å². The summed E-state index contributed by atoms with van der Waals surface area (Å²) >= 11 is 0. The van der Waals surface area contributed by atoms with Crippen LogP contribution in [0.5, 0.6) is 0 Å². The van der Waals surface area contributed by atoms with Crippen LogP contribution in [0.25, 0.3) is 0 Å². The van der Waals surface area contributed by atoms with E-state index in [2.05, 4.69) is 39.3 Å². The summed E-state index contributed by atoms with van der Waals surface area (Å²) in [5.74, 6) is 0.995. The minimum atomic E-state index is -0.455. The standard InChI is InChI=1S/C13H22N6O2/c1-9(2)18-5-4-10(7-18)6-15-13-11(19(20)21)12(14-3)16-8-17-13/h8-10H,4-7H2,1-3H3,(H2,14,15,16,17). The lowest BCUT2D eigenvalue weighted by atomic mass is 10.1. The lowest BCUT2D eigenvalue weighted by molar-refractivity contribution is -0.383. The molecule has 2 rings (SSSR count). The van der Waals surface area contributed by atoms with Crippen LogP contribution < -0.4 is 10.6 Å². The Balaban J connectivity index is 2.02. The summed E-state index contributed by atoms with van der Waals surface area (Å²) in [6.07, 6.45) is 2.43. The zero-order valence-electron chi connectivity index (χ0n) is 12.7. The van der Waals surface area contributed by atoms with E-state index < -0.39 is 4.92 Å². The Kier molecular flexibility index (Phi) is 4.89. The maximum absolute atomic E-state index is 11.2. The van der Waals surface area contributed by atoms with Gasteiger partial charge in [-0.25, -0.2) is 9.97 Å². The van der Waals surface area contributed by atoms with Gasteiger partial charge >= 0.3 is 5.69 Å². The molecular formula is C13H22N6O2. The minimum absolute atomic E-state index is 0.0984. The van der Waals surface area contributed by atoms with Crippen molar-refractivity contribution in [1.29, 1.82) is 0 Å². The Hall–Kier alpha value is -1.96. The van der Waals surface area contributed by atoms with Gasteiger partial charge in [0.1, 0.15) is 6.33 Å². The molecular weight excluding hydrogens is 272 g/mol. The summed E-state index contributed by atoms with van der Waals surface area (Å²) in [6, 6.07) is 0.541. The SMILES string of the molecule is CNc1ncnc(NCC2CCN(C(C)C)C2)c1[N+](=O)[O-]. The van der Waals surface area contributed by atoms with Crippen LogP contribution in [0, 0.1) is 16.0 Å². The maximum Gasteiger partial charge on any atom is 0.353 e. The van der Waals surface area contributed by atoms with Crippen molar-refractivity contribution >= 4 is 17.3 Å². The van der Waals surface area contributed by atoms with E-state index in [0.717, 1.165) is 19.5 Å². The average Bonchev–Trinajstić information content (AvgIpc) is 2.93. The van der Waals surface area contributed by atoms with Crippen LogP contribution in [0.2, 0.25) is 0 Å². The molecule has 8 heteroatoms. The molecule has 0 aromatic carbocycles. The van der Waals surface area contributed by atoms with Crippen molar-refractivity contribution in [3.63, 3.8) is 0 Å². The predicted octanol–water partition coefficient (Wildman–Crippen LogP) is 1.57. The molecule has 0 saturated carbocycles. The first-order chi connectivity index (χ1) is 10.0. The fraction of sp³-hybridized carbons (Fsp3) is 0.692. The first-order valence-electron chi connectivity index (χ1n) is 7.18. The second-order valence-corrected chi connectivity index (χ2v) is 5.55. The Morgan fingerprint density at radius 3 is 2.76 bits per heavy atom. The number of hydrogen-bond acceptors (Lipinski definition) is 7. The van der Waals surface area contributed by atoms with Gasteiger partial charge in [-0.3, -0.25) is 10.1 Å². The topological polar surface area (TPSA) is 96.2 Å². The molecule has 1 fully saturated rings. The molecule has 0 bridgehead atoms. The highest BCUT2D eigenvalue weighted by Gasteiger charge is 2.26. The van der Waals surface area contributed by atoms with Gasteiger partial charge in [0.25, 0.3) is 0 Å². The zero-order chi connectivity index (χ0) is 15.4. The Bertz CT molecular complexity index is 507. The number of rotatable bonds is 6. The fourth-order valence-electron chi connectivity index (χ4n) is 2.60. The van der Waals surface area contributed by atoms with E-state index in [9.17, 15) is 10.1 Å². The molecule has 2 heterocycles. The molecule has 1 aliphatic rings. The maximum atomic E-state index is 11.2. The van der Waals surface area contributed by atoms with Gasteiger partial charge in [-0.2, -0.15) is 0 Å². The number of hydrogen-bond donors (Lipinski definition) is 2. The van der Waals surface area contributed by atoms with Gasteiger partial charge in [-0.1, -0.05) is 0 Å². The predicted molar refractivity (Wildman–Crippen MR) is 81.5 cm³/mol. The van der Waals surface area contributed by atoms with Gasteiger partial charge in [0, 0.05) is 26.2 Å². The van der Waals surface area contributed by atoms with Gasteiger partial charge in [-0.15, -0.1) is 0 Å². The number of nitro groups is 1. The molecule has 2 N–H and O–H groups in total. The van der Waals surface area contributed by atoms with Crippen LogP contribution >= 0.6 is 0 Å². The van der Waals surface area contributed by atoms with Crippen LogP contribution in [-0.4, -0.2) is 52.5 Å². The number of anilines is 2. The summed E-state index contributed by atoms with van der Waals surface area (Å²) in [5.41, 5.74) is -0.0984. The first kappa shape index (κ1) is 15.4. The van der Waals surface area contributed by atoms with E-state index in [-0.39, 0.29) is 17.3 Å². The van der Waals surface area contributed by atoms with Gasteiger partial charge in [0.15, 0.2) is 0 Å². The third kappa shape index (κ3) is 3.57.